The van der Waals surface area contributed by atoms with E-state index in [1.807, 2.05) is 6.07 Å². The molecule has 3 heterocycles. The average Bonchev–Trinajstić information content (AvgIpc) is 3.41. The molecule has 2 unspecified atom stereocenters. The molecule has 1 aromatic heterocycles. The Morgan fingerprint density at radius 2 is 1.46 bits per heavy atom. The molecular weight excluding hydrogens is 354 g/mol. The summed E-state index contributed by atoms with van der Waals surface area (Å²) in [5.74, 6) is 1.48. The zero-order valence-corrected chi connectivity index (χ0v) is 16.1. The van der Waals surface area contributed by atoms with Gasteiger partial charge in [0.05, 0.1) is 11.8 Å². The minimum atomic E-state index is -0.0595. The molecule has 4 atom stereocenters. The number of unbranched alkanes of at least 4 members (excludes halogenated alkanes) is 1. The maximum atomic E-state index is 12.7. The smallest absolute Gasteiger partial charge is 0.233 e. The number of anilines is 1. The van der Waals surface area contributed by atoms with Gasteiger partial charge in [0.2, 0.25) is 17.8 Å². The first-order valence-electron chi connectivity index (χ1n) is 10.5. The number of fused-ring (bicyclic) bond motifs is 5. The van der Waals surface area contributed by atoms with Crippen molar-refractivity contribution in [1.82, 2.24) is 19.8 Å². The molecule has 2 bridgehead atoms. The summed E-state index contributed by atoms with van der Waals surface area (Å²) in [5, 5.41) is 0. The fourth-order valence-electron chi connectivity index (χ4n) is 5.42. The monoisotopic (exact) mass is 381 g/mol. The second kappa shape index (κ2) is 7.28. The first kappa shape index (κ1) is 17.8. The number of hydrogen-bond acceptors (Lipinski definition) is 6. The fraction of sp³-hybridized carbons (Fsp3) is 0.619. The third-order valence-electron chi connectivity index (χ3n) is 6.87. The Labute approximate surface area is 165 Å². The van der Waals surface area contributed by atoms with Crippen LogP contribution in [0.3, 0.4) is 0 Å². The van der Waals surface area contributed by atoms with Crippen molar-refractivity contribution < 1.29 is 9.59 Å². The summed E-state index contributed by atoms with van der Waals surface area (Å²) >= 11 is 0. The molecule has 7 nitrogen and oxygen atoms in total. The lowest BCUT2D eigenvalue weighted by molar-refractivity contribution is -0.140. The van der Waals surface area contributed by atoms with Crippen LogP contribution in [0.25, 0.3) is 0 Å². The topological polar surface area (TPSA) is 69.6 Å². The molecule has 2 aliphatic carbocycles. The lowest BCUT2D eigenvalue weighted by atomic mass is 9.85. The molecule has 5 rings (SSSR count). The standard InChI is InChI=1S/C21H27N5O2/c27-19-17-15-4-5-16(14-15)18(17)20(28)26(19)9-2-1-8-24-10-12-25(13-11-24)21-22-6-3-7-23-21/h3-7,15-18H,1-2,8-14H2/t15?,16?,17-,18-/m0/s1. The molecule has 2 amide bonds. The van der Waals surface area contributed by atoms with E-state index in [2.05, 4.69) is 31.9 Å². The highest BCUT2D eigenvalue weighted by Crippen LogP contribution is 2.52. The van der Waals surface area contributed by atoms with E-state index in [4.69, 9.17) is 0 Å². The first-order chi connectivity index (χ1) is 13.7. The Bertz CT molecular complexity index is 744. The lowest BCUT2D eigenvalue weighted by Gasteiger charge is -2.34. The number of rotatable bonds is 6. The zero-order valence-electron chi connectivity index (χ0n) is 16.1. The van der Waals surface area contributed by atoms with E-state index in [1.165, 1.54) is 0 Å². The van der Waals surface area contributed by atoms with Crippen LogP contribution in [0.1, 0.15) is 19.3 Å². The third kappa shape index (κ3) is 3.02. The van der Waals surface area contributed by atoms with Gasteiger partial charge in [-0.2, -0.15) is 0 Å². The molecular formula is C21H27N5O2. The van der Waals surface area contributed by atoms with E-state index >= 15 is 0 Å². The van der Waals surface area contributed by atoms with Crippen LogP contribution in [0.2, 0.25) is 0 Å². The predicted octanol–water partition coefficient (Wildman–Crippen LogP) is 1.19. The number of allylic oxidation sites excluding steroid dienone is 2. The number of nitrogens with zero attached hydrogens (tertiary/aromatic N) is 5. The van der Waals surface area contributed by atoms with Crippen molar-refractivity contribution in [3.8, 4) is 0 Å². The summed E-state index contributed by atoms with van der Waals surface area (Å²) in [6, 6.07) is 1.84. The third-order valence-corrected chi connectivity index (χ3v) is 6.87. The van der Waals surface area contributed by atoms with Gasteiger partial charge in [0.1, 0.15) is 0 Å². The van der Waals surface area contributed by atoms with E-state index in [9.17, 15) is 9.59 Å². The van der Waals surface area contributed by atoms with Crippen molar-refractivity contribution in [3.05, 3.63) is 30.6 Å². The van der Waals surface area contributed by atoms with Crippen molar-refractivity contribution in [3.63, 3.8) is 0 Å². The van der Waals surface area contributed by atoms with Gasteiger partial charge in [0, 0.05) is 45.1 Å². The molecule has 7 heteroatoms. The molecule has 148 valence electrons. The molecule has 2 saturated heterocycles. The van der Waals surface area contributed by atoms with Gasteiger partial charge in [0.15, 0.2) is 0 Å². The zero-order chi connectivity index (χ0) is 19.1. The average molecular weight is 381 g/mol. The second-order valence-electron chi connectivity index (χ2n) is 8.41. The second-order valence-corrected chi connectivity index (χ2v) is 8.41. The Morgan fingerprint density at radius 3 is 2.11 bits per heavy atom. The molecule has 0 N–H and O–H groups in total. The number of carbonyl (C=O) groups excluding carboxylic acids is 2. The number of likely N-dealkylation sites (tertiary alicyclic amines) is 1. The van der Waals surface area contributed by atoms with Gasteiger partial charge in [0.25, 0.3) is 0 Å². The van der Waals surface area contributed by atoms with Crippen LogP contribution in [0.15, 0.2) is 30.6 Å². The van der Waals surface area contributed by atoms with Crippen LogP contribution < -0.4 is 4.90 Å². The summed E-state index contributed by atoms with van der Waals surface area (Å²) in [7, 11) is 0. The van der Waals surface area contributed by atoms with Gasteiger partial charge in [-0.15, -0.1) is 0 Å². The van der Waals surface area contributed by atoms with Gasteiger partial charge < -0.3 is 4.90 Å². The summed E-state index contributed by atoms with van der Waals surface area (Å²) in [6.45, 7) is 5.47. The van der Waals surface area contributed by atoms with E-state index in [-0.39, 0.29) is 23.7 Å². The largest absolute Gasteiger partial charge is 0.338 e. The van der Waals surface area contributed by atoms with Crippen molar-refractivity contribution in [2.45, 2.75) is 19.3 Å². The number of carbonyl (C=O) groups is 2. The molecule has 1 aromatic rings. The summed E-state index contributed by atoms with van der Waals surface area (Å²) < 4.78 is 0. The van der Waals surface area contributed by atoms with Gasteiger partial charge in [-0.3, -0.25) is 19.4 Å². The van der Waals surface area contributed by atoms with E-state index in [1.54, 1.807) is 17.3 Å². The predicted molar refractivity (Wildman–Crippen MR) is 104 cm³/mol. The van der Waals surface area contributed by atoms with Crippen LogP contribution in [0.5, 0.6) is 0 Å². The number of amides is 2. The van der Waals surface area contributed by atoms with Crippen molar-refractivity contribution >= 4 is 17.8 Å². The normalized spacial score (nSPS) is 31.9. The van der Waals surface area contributed by atoms with Crippen LogP contribution in [-0.4, -0.2) is 70.9 Å². The molecule has 0 radical (unpaired) electrons. The van der Waals surface area contributed by atoms with Gasteiger partial charge in [-0.1, -0.05) is 12.2 Å². The minimum absolute atomic E-state index is 0.0595. The Hall–Kier alpha value is -2.28. The van der Waals surface area contributed by atoms with Crippen LogP contribution in [0, 0.1) is 23.7 Å². The Kier molecular flexibility index (Phi) is 4.62. The number of aromatic nitrogens is 2. The maximum absolute atomic E-state index is 12.7. The van der Waals surface area contributed by atoms with Gasteiger partial charge in [-0.25, -0.2) is 9.97 Å². The van der Waals surface area contributed by atoms with E-state index < -0.39 is 0 Å². The Balaban J connectivity index is 1.05. The highest BCUT2D eigenvalue weighted by molar-refractivity contribution is 6.06. The SMILES string of the molecule is O=C1[C@H]2C3C=CC(C3)[C@@H]2C(=O)N1CCCCN1CCN(c2ncccn2)CC1. The molecule has 28 heavy (non-hydrogen) atoms. The van der Waals surface area contributed by atoms with Crippen LogP contribution in [0.4, 0.5) is 5.95 Å². The lowest BCUT2D eigenvalue weighted by Crippen LogP contribution is -2.47. The molecule has 0 spiro atoms. The highest BCUT2D eigenvalue weighted by Gasteiger charge is 2.58. The summed E-state index contributed by atoms with van der Waals surface area (Å²) in [6.07, 6.45) is 10.8. The quantitative estimate of drug-likeness (QED) is 0.419. The van der Waals surface area contributed by atoms with Crippen molar-refractivity contribution in [1.29, 1.82) is 0 Å². The number of imide groups is 1. The highest BCUT2D eigenvalue weighted by atomic mass is 16.2. The Morgan fingerprint density at radius 1 is 0.857 bits per heavy atom. The van der Waals surface area contributed by atoms with Crippen molar-refractivity contribution in [2.24, 2.45) is 23.7 Å². The van der Waals surface area contributed by atoms with Crippen molar-refractivity contribution in [2.75, 3.05) is 44.2 Å². The number of hydrogen-bond donors (Lipinski definition) is 0. The van der Waals surface area contributed by atoms with Gasteiger partial charge in [-0.05, 0) is 43.7 Å². The van der Waals surface area contributed by atoms with E-state index in [0.717, 1.165) is 57.9 Å². The number of piperazine rings is 1. The molecule has 1 saturated carbocycles. The molecule has 2 aliphatic heterocycles. The first-order valence-corrected chi connectivity index (χ1v) is 10.5. The maximum Gasteiger partial charge on any atom is 0.233 e. The minimum Gasteiger partial charge on any atom is -0.338 e. The summed E-state index contributed by atoms with van der Waals surface area (Å²) in [4.78, 5) is 40.3. The van der Waals surface area contributed by atoms with Gasteiger partial charge >= 0.3 is 0 Å². The fourth-order valence-corrected chi connectivity index (χ4v) is 5.42. The summed E-state index contributed by atoms with van der Waals surface area (Å²) in [5.41, 5.74) is 0. The van der Waals surface area contributed by atoms with E-state index in [0.29, 0.717) is 18.4 Å². The molecule has 3 fully saturated rings. The van der Waals surface area contributed by atoms with Crippen LogP contribution >= 0.6 is 0 Å². The van der Waals surface area contributed by atoms with Crippen LogP contribution in [-0.2, 0) is 9.59 Å². The molecule has 0 aromatic carbocycles. The molecule has 4 aliphatic rings.